The highest BCUT2D eigenvalue weighted by atomic mass is 16.5. The second-order valence-corrected chi connectivity index (χ2v) is 6.63. The molecule has 0 radical (unpaired) electrons. The molecule has 1 aliphatic rings. The Morgan fingerprint density at radius 3 is 2.38 bits per heavy atom. The normalized spacial score (nSPS) is 30.0. The average Bonchev–Trinajstić information content (AvgIpc) is 2.44. The van der Waals surface area contributed by atoms with E-state index in [0.29, 0.717) is 5.56 Å². The van der Waals surface area contributed by atoms with Crippen LogP contribution in [0, 0.1) is 11.8 Å². The highest BCUT2D eigenvalue weighted by Crippen LogP contribution is 2.47. The molecule has 130 valence electrons. The summed E-state index contributed by atoms with van der Waals surface area (Å²) in [5.74, 6) is -3.65. The molecule has 0 amide bonds. The minimum atomic E-state index is -1.54. The first-order valence-electron chi connectivity index (χ1n) is 7.73. The van der Waals surface area contributed by atoms with Gasteiger partial charge in [0.1, 0.15) is 17.3 Å². The molecule has 1 aromatic carbocycles. The third kappa shape index (κ3) is 3.06. The molecule has 1 fully saturated rings. The van der Waals surface area contributed by atoms with Gasteiger partial charge in [-0.15, -0.1) is 0 Å². The SMILES string of the molecule is COc1cc([C@@H]2[C@@H](C(C)=O)C(=O)C[C@](C)(O)[C@H]2C(C)=O)ccc1O. The summed E-state index contributed by atoms with van der Waals surface area (Å²) in [6.07, 6.45) is -0.243. The number of carbonyl (C=O) groups is 3. The van der Waals surface area contributed by atoms with E-state index in [1.807, 2.05) is 0 Å². The number of hydrogen-bond donors (Lipinski definition) is 2. The number of phenolic OH excluding ortho intramolecular Hbond substituents is 1. The van der Waals surface area contributed by atoms with Gasteiger partial charge < -0.3 is 14.9 Å². The number of phenols is 1. The van der Waals surface area contributed by atoms with Crippen molar-refractivity contribution in [3.05, 3.63) is 23.8 Å². The highest BCUT2D eigenvalue weighted by Gasteiger charge is 2.53. The minimum absolute atomic E-state index is 0.0890. The first-order chi connectivity index (χ1) is 11.1. The monoisotopic (exact) mass is 334 g/mol. The van der Waals surface area contributed by atoms with E-state index >= 15 is 0 Å². The number of ether oxygens (including phenoxy) is 1. The van der Waals surface area contributed by atoms with Crippen LogP contribution in [0.5, 0.6) is 11.5 Å². The predicted octanol–water partition coefficient (Wildman–Crippen LogP) is 1.62. The lowest BCUT2D eigenvalue weighted by molar-refractivity contribution is -0.151. The van der Waals surface area contributed by atoms with Crippen LogP contribution in [-0.2, 0) is 14.4 Å². The number of aromatic hydroxyl groups is 1. The standard InChI is InChI=1S/C18H22O6/c1-9(19)15-13(22)8-18(3,23)17(10(2)20)16(15)11-5-6-12(21)14(7-11)24-4/h5-7,15-17,21,23H,8H2,1-4H3/t15-,16+,17-,18-/m0/s1. The Morgan fingerprint density at radius 2 is 1.88 bits per heavy atom. The molecule has 1 aromatic rings. The smallest absolute Gasteiger partial charge is 0.160 e. The van der Waals surface area contributed by atoms with Crippen molar-refractivity contribution in [2.75, 3.05) is 7.11 Å². The topological polar surface area (TPSA) is 101 Å². The zero-order valence-electron chi connectivity index (χ0n) is 14.2. The van der Waals surface area contributed by atoms with Crippen LogP contribution in [0.2, 0.25) is 0 Å². The van der Waals surface area contributed by atoms with E-state index in [0.717, 1.165) is 0 Å². The number of aliphatic hydroxyl groups is 1. The van der Waals surface area contributed by atoms with Crippen LogP contribution < -0.4 is 4.74 Å². The summed E-state index contributed by atoms with van der Waals surface area (Å²) in [7, 11) is 1.38. The van der Waals surface area contributed by atoms with Crippen LogP contribution in [0.1, 0.15) is 38.7 Å². The van der Waals surface area contributed by atoms with Crippen molar-refractivity contribution in [2.45, 2.75) is 38.7 Å². The van der Waals surface area contributed by atoms with Crippen LogP contribution in [0.3, 0.4) is 0 Å². The van der Waals surface area contributed by atoms with Crippen LogP contribution in [0.15, 0.2) is 18.2 Å². The lowest BCUT2D eigenvalue weighted by atomic mass is 9.60. The summed E-state index contributed by atoms with van der Waals surface area (Å²) in [5.41, 5.74) is -1.04. The van der Waals surface area contributed by atoms with Crippen LogP contribution in [0.4, 0.5) is 0 Å². The van der Waals surface area contributed by atoms with Crippen molar-refractivity contribution in [1.82, 2.24) is 0 Å². The van der Waals surface area contributed by atoms with Gasteiger partial charge >= 0.3 is 0 Å². The molecular weight excluding hydrogens is 312 g/mol. The number of Topliss-reactive ketones (excluding diaryl/α,β-unsaturated/α-hetero) is 3. The lowest BCUT2D eigenvalue weighted by Gasteiger charge is -2.44. The van der Waals surface area contributed by atoms with Gasteiger partial charge in [-0.05, 0) is 38.5 Å². The molecule has 0 aliphatic heterocycles. The molecule has 0 spiro atoms. The third-order valence-corrected chi connectivity index (χ3v) is 4.73. The Morgan fingerprint density at radius 1 is 1.25 bits per heavy atom. The number of benzene rings is 1. The molecule has 0 bridgehead atoms. The van der Waals surface area contributed by atoms with Crippen molar-refractivity contribution in [1.29, 1.82) is 0 Å². The van der Waals surface area contributed by atoms with E-state index in [2.05, 4.69) is 0 Å². The third-order valence-electron chi connectivity index (χ3n) is 4.73. The molecule has 0 unspecified atom stereocenters. The zero-order chi connectivity index (χ0) is 18.2. The fourth-order valence-corrected chi connectivity index (χ4v) is 3.81. The Labute approximate surface area is 140 Å². The predicted molar refractivity (Wildman–Crippen MR) is 86.0 cm³/mol. The number of carbonyl (C=O) groups excluding carboxylic acids is 3. The van der Waals surface area contributed by atoms with Gasteiger partial charge in [0.2, 0.25) is 0 Å². The van der Waals surface area contributed by atoms with Gasteiger partial charge in [0, 0.05) is 12.3 Å². The van der Waals surface area contributed by atoms with Gasteiger partial charge in [-0.3, -0.25) is 14.4 Å². The minimum Gasteiger partial charge on any atom is -0.504 e. The maximum absolute atomic E-state index is 12.5. The largest absolute Gasteiger partial charge is 0.504 e. The van der Waals surface area contributed by atoms with Crippen molar-refractivity contribution in [3.8, 4) is 11.5 Å². The quantitative estimate of drug-likeness (QED) is 0.812. The number of methoxy groups -OCH3 is 1. The van der Waals surface area contributed by atoms with E-state index in [4.69, 9.17) is 4.74 Å². The average molecular weight is 334 g/mol. The van der Waals surface area contributed by atoms with E-state index in [1.54, 1.807) is 6.07 Å². The molecule has 1 aliphatic carbocycles. The Kier molecular flexibility index (Phi) is 4.80. The number of rotatable bonds is 4. The molecule has 4 atom stereocenters. The second-order valence-electron chi connectivity index (χ2n) is 6.63. The highest BCUT2D eigenvalue weighted by molar-refractivity contribution is 6.05. The number of ketones is 3. The van der Waals surface area contributed by atoms with Crippen LogP contribution in [-0.4, -0.2) is 40.3 Å². The molecule has 2 N–H and O–H groups in total. The fraction of sp³-hybridized carbons (Fsp3) is 0.500. The van der Waals surface area contributed by atoms with Gasteiger partial charge in [-0.2, -0.15) is 0 Å². The van der Waals surface area contributed by atoms with Gasteiger partial charge in [0.25, 0.3) is 0 Å². The summed E-state index contributed by atoms with van der Waals surface area (Å²) < 4.78 is 5.08. The van der Waals surface area contributed by atoms with Gasteiger partial charge in [-0.25, -0.2) is 0 Å². The zero-order valence-corrected chi connectivity index (χ0v) is 14.2. The molecule has 6 nitrogen and oxygen atoms in total. The van der Waals surface area contributed by atoms with Crippen LogP contribution >= 0.6 is 0 Å². The first-order valence-corrected chi connectivity index (χ1v) is 7.73. The maximum Gasteiger partial charge on any atom is 0.160 e. The molecule has 24 heavy (non-hydrogen) atoms. The molecule has 0 aromatic heterocycles. The molecule has 2 rings (SSSR count). The van der Waals surface area contributed by atoms with Gasteiger partial charge in [0.05, 0.1) is 24.5 Å². The Hall–Kier alpha value is -2.21. The molecule has 1 saturated carbocycles. The fourth-order valence-electron chi connectivity index (χ4n) is 3.81. The van der Waals surface area contributed by atoms with E-state index in [-0.39, 0.29) is 35.3 Å². The van der Waals surface area contributed by atoms with E-state index in [9.17, 15) is 24.6 Å². The summed E-state index contributed by atoms with van der Waals surface area (Å²) in [6, 6.07) is 4.43. The lowest BCUT2D eigenvalue weighted by Crippen LogP contribution is -2.53. The van der Waals surface area contributed by atoms with Crippen molar-refractivity contribution < 1.29 is 29.3 Å². The summed E-state index contributed by atoms with van der Waals surface area (Å²) >= 11 is 0. The summed E-state index contributed by atoms with van der Waals surface area (Å²) in [5, 5.41) is 20.4. The molecule has 0 saturated heterocycles. The first kappa shape index (κ1) is 18.1. The number of hydrogen-bond acceptors (Lipinski definition) is 6. The van der Waals surface area contributed by atoms with Gasteiger partial charge in [0.15, 0.2) is 11.5 Å². The van der Waals surface area contributed by atoms with Crippen molar-refractivity contribution >= 4 is 17.3 Å². The molecule has 6 heteroatoms. The van der Waals surface area contributed by atoms with Crippen LogP contribution in [0.25, 0.3) is 0 Å². The molecule has 0 heterocycles. The Balaban J connectivity index is 2.67. The Bertz CT molecular complexity index is 691. The summed E-state index contributed by atoms with van der Waals surface area (Å²) in [4.78, 5) is 36.8. The van der Waals surface area contributed by atoms with Crippen molar-refractivity contribution in [3.63, 3.8) is 0 Å². The second kappa shape index (κ2) is 6.36. The molecular formula is C18H22O6. The van der Waals surface area contributed by atoms with Gasteiger partial charge in [-0.1, -0.05) is 6.07 Å². The summed E-state index contributed by atoms with van der Waals surface area (Å²) in [6.45, 7) is 4.10. The van der Waals surface area contributed by atoms with Crippen molar-refractivity contribution in [2.24, 2.45) is 11.8 Å². The van der Waals surface area contributed by atoms with E-state index < -0.39 is 23.4 Å². The maximum atomic E-state index is 12.5. The van der Waals surface area contributed by atoms with E-state index in [1.165, 1.54) is 40.0 Å².